The molecule has 1 saturated heterocycles. The molecule has 21 heavy (non-hydrogen) atoms. The monoisotopic (exact) mass is 295 g/mol. The van der Waals surface area contributed by atoms with Crippen molar-refractivity contribution in [3.63, 3.8) is 0 Å². The van der Waals surface area contributed by atoms with Crippen molar-refractivity contribution < 1.29 is 0 Å². The van der Waals surface area contributed by atoms with Crippen molar-refractivity contribution in [3.05, 3.63) is 62.9 Å². The van der Waals surface area contributed by atoms with E-state index in [0.717, 1.165) is 19.5 Å². The lowest BCUT2D eigenvalue weighted by atomic mass is 9.87. The van der Waals surface area contributed by atoms with Gasteiger partial charge >= 0.3 is 0 Å². The van der Waals surface area contributed by atoms with Gasteiger partial charge in [0.1, 0.15) is 0 Å². The molecule has 0 amide bonds. The predicted octanol–water partition coefficient (Wildman–Crippen LogP) is 4.64. The first kappa shape index (κ1) is 13.3. The van der Waals surface area contributed by atoms with Crippen molar-refractivity contribution in [1.29, 1.82) is 0 Å². The van der Waals surface area contributed by atoms with Crippen molar-refractivity contribution in [3.8, 4) is 0 Å². The van der Waals surface area contributed by atoms with Crippen LogP contribution in [0.15, 0.2) is 52.5 Å². The molecule has 0 bridgehead atoms. The Kier molecular flexibility index (Phi) is 3.66. The summed E-state index contributed by atoms with van der Waals surface area (Å²) in [6, 6.07) is 2.35. The standard InChI is InChI=1S/C19H21NS/c1-2-4-14-6-7-18-17(10-13-21-18)19(16(14)5-3-1)15-8-11-20-12-9-15/h2-5,10,13,20H,1,6-9,11-12H2. The van der Waals surface area contributed by atoms with Crippen LogP contribution >= 0.6 is 11.3 Å². The molecular formula is C19H21NS. The van der Waals surface area contributed by atoms with Gasteiger partial charge in [0.2, 0.25) is 0 Å². The normalized spacial score (nSPS) is 21.9. The maximum absolute atomic E-state index is 3.49. The smallest absolute Gasteiger partial charge is 0.0127 e. The number of rotatable bonds is 0. The van der Waals surface area contributed by atoms with E-state index in [-0.39, 0.29) is 0 Å². The number of piperidine rings is 1. The largest absolute Gasteiger partial charge is 0.316 e. The first-order valence-corrected chi connectivity index (χ1v) is 8.87. The van der Waals surface area contributed by atoms with Crippen LogP contribution in [0.25, 0.3) is 5.57 Å². The molecule has 1 nitrogen and oxygen atoms in total. The van der Waals surface area contributed by atoms with Gasteiger partial charge in [-0.15, -0.1) is 11.3 Å². The number of allylic oxidation sites excluding steroid dienone is 7. The highest BCUT2D eigenvalue weighted by molar-refractivity contribution is 7.10. The van der Waals surface area contributed by atoms with E-state index < -0.39 is 0 Å². The third kappa shape index (κ3) is 2.47. The molecule has 4 rings (SSSR count). The van der Waals surface area contributed by atoms with Crippen molar-refractivity contribution in [2.75, 3.05) is 13.1 Å². The van der Waals surface area contributed by atoms with Gasteiger partial charge in [0.15, 0.2) is 0 Å². The zero-order valence-corrected chi connectivity index (χ0v) is 13.1. The molecule has 2 heterocycles. The van der Waals surface area contributed by atoms with Crippen LogP contribution in [0.2, 0.25) is 0 Å². The average Bonchev–Trinajstić information content (AvgIpc) is 2.78. The SMILES string of the molecule is C1=CC2=C(C=CC1)C(=C1CCNCC1)c1ccsc1CC2. The van der Waals surface area contributed by atoms with Crippen LogP contribution in [0.5, 0.6) is 0 Å². The Hall–Kier alpha value is -1.38. The van der Waals surface area contributed by atoms with Gasteiger partial charge in [0.25, 0.3) is 0 Å². The molecule has 1 fully saturated rings. The summed E-state index contributed by atoms with van der Waals surface area (Å²) in [6.07, 6.45) is 15.2. The quantitative estimate of drug-likeness (QED) is 0.735. The summed E-state index contributed by atoms with van der Waals surface area (Å²) < 4.78 is 0. The fourth-order valence-electron chi connectivity index (χ4n) is 3.64. The Balaban J connectivity index is 1.94. The van der Waals surface area contributed by atoms with Crippen LogP contribution in [-0.2, 0) is 6.42 Å². The first-order chi connectivity index (χ1) is 10.4. The molecule has 2 aliphatic carbocycles. The molecule has 0 atom stereocenters. The van der Waals surface area contributed by atoms with Gasteiger partial charge in [0, 0.05) is 4.88 Å². The van der Waals surface area contributed by atoms with Crippen molar-refractivity contribution in [1.82, 2.24) is 5.32 Å². The van der Waals surface area contributed by atoms with Crippen LogP contribution in [-0.4, -0.2) is 13.1 Å². The van der Waals surface area contributed by atoms with Gasteiger partial charge in [0.05, 0.1) is 0 Å². The van der Waals surface area contributed by atoms with Crippen LogP contribution in [0.3, 0.4) is 0 Å². The van der Waals surface area contributed by atoms with Crippen LogP contribution in [0, 0.1) is 0 Å². The lowest BCUT2D eigenvalue weighted by Crippen LogP contribution is -2.24. The zero-order chi connectivity index (χ0) is 14.1. The predicted molar refractivity (Wildman–Crippen MR) is 91.6 cm³/mol. The molecule has 1 aromatic rings. The molecule has 0 spiro atoms. The van der Waals surface area contributed by atoms with E-state index in [2.05, 4.69) is 41.1 Å². The summed E-state index contributed by atoms with van der Waals surface area (Å²) in [7, 11) is 0. The first-order valence-electron chi connectivity index (χ1n) is 7.99. The topological polar surface area (TPSA) is 12.0 Å². The third-order valence-electron chi connectivity index (χ3n) is 4.69. The Morgan fingerprint density at radius 2 is 1.81 bits per heavy atom. The van der Waals surface area contributed by atoms with Gasteiger partial charge in [-0.3, -0.25) is 0 Å². The summed E-state index contributed by atoms with van der Waals surface area (Å²) in [6.45, 7) is 2.25. The lowest BCUT2D eigenvalue weighted by Gasteiger charge is -2.21. The molecule has 0 radical (unpaired) electrons. The maximum atomic E-state index is 3.49. The van der Waals surface area contributed by atoms with E-state index >= 15 is 0 Å². The van der Waals surface area contributed by atoms with Crippen LogP contribution in [0.1, 0.15) is 36.1 Å². The van der Waals surface area contributed by atoms with E-state index in [1.54, 1.807) is 16.0 Å². The molecule has 0 aromatic carbocycles. The number of fused-ring (bicyclic) bond motifs is 1. The fourth-order valence-corrected chi connectivity index (χ4v) is 4.53. The summed E-state index contributed by atoms with van der Waals surface area (Å²) in [5, 5.41) is 5.76. The van der Waals surface area contributed by atoms with Crippen LogP contribution in [0.4, 0.5) is 0 Å². The molecule has 108 valence electrons. The number of thiophene rings is 1. The van der Waals surface area contributed by atoms with E-state index in [1.807, 2.05) is 11.3 Å². The van der Waals surface area contributed by atoms with E-state index in [9.17, 15) is 0 Å². The van der Waals surface area contributed by atoms with Gasteiger partial charge in [-0.1, -0.05) is 29.9 Å². The number of hydrogen-bond acceptors (Lipinski definition) is 2. The number of nitrogens with one attached hydrogen (secondary N) is 1. The molecule has 1 aliphatic heterocycles. The highest BCUT2D eigenvalue weighted by atomic mass is 32.1. The van der Waals surface area contributed by atoms with E-state index in [4.69, 9.17) is 0 Å². The average molecular weight is 295 g/mol. The Morgan fingerprint density at radius 1 is 0.952 bits per heavy atom. The summed E-state index contributed by atoms with van der Waals surface area (Å²) in [5.41, 5.74) is 7.76. The molecule has 1 aromatic heterocycles. The number of aryl methyl sites for hydroxylation is 1. The number of hydrogen-bond donors (Lipinski definition) is 1. The lowest BCUT2D eigenvalue weighted by molar-refractivity contribution is 0.611. The van der Waals surface area contributed by atoms with E-state index in [1.165, 1.54) is 42.4 Å². The molecule has 2 heteroatoms. The summed E-state index contributed by atoms with van der Waals surface area (Å²) >= 11 is 1.93. The van der Waals surface area contributed by atoms with Crippen molar-refractivity contribution in [2.24, 2.45) is 0 Å². The maximum Gasteiger partial charge on any atom is 0.0127 e. The molecule has 3 aliphatic rings. The molecule has 0 saturated carbocycles. The fraction of sp³-hybridized carbons (Fsp3) is 0.368. The minimum Gasteiger partial charge on any atom is -0.316 e. The second-order valence-corrected chi connectivity index (χ2v) is 6.97. The second-order valence-electron chi connectivity index (χ2n) is 5.97. The Morgan fingerprint density at radius 3 is 2.71 bits per heavy atom. The highest BCUT2D eigenvalue weighted by Gasteiger charge is 2.23. The Labute approximate surface area is 130 Å². The molecule has 1 N–H and O–H groups in total. The van der Waals surface area contributed by atoms with E-state index in [0.29, 0.717) is 0 Å². The van der Waals surface area contributed by atoms with Crippen molar-refractivity contribution >= 4 is 16.9 Å². The van der Waals surface area contributed by atoms with Crippen LogP contribution < -0.4 is 5.32 Å². The Bertz CT molecular complexity index is 661. The van der Waals surface area contributed by atoms with Gasteiger partial charge in [-0.25, -0.2) is 0 Å². The molecular weight excluding hydrogens is 274 g/mol. The van der Waals surface area contributed by atoms with Gasteiger partial charge in [-0.05, 0) is 78.9 Å². The summed E-state index contributed by atoms with van der Waals surface area (Å²) in [4.78, 5) is 1.57. The van der Waals surface area contributed by atoms with Gasteiger partial charge in [-0.2, -0.15) is 0 Å². The zero-order valence-electron chi connectivity index (χ0n) is 12.3. The second kappa shape index (κ2) is 5.78. The van der Waals surface area contributed by atoms with Gasteiger partial charge < -0.3 is 5.32 Å². The minimum absolute atomic E-state index is 1.06. The third-order valence-corrected chi connectivity index (χ3v) is 5.67. The highest BCUT2D eigenvalue weighted by Crippen LogP contribution is 2.41. The van der Waals surface area contributed by atoms with Crippen molar-refractivity contribution in [2.45, 2.75) is 32.1 Å². The minimum atomic E-state index is 1.06. The summed E-state index contributed by atoms with van der Waals surface area (Å²) in [5.74, 6) is 0. The molecule has 0 unspecified atom stereocenters.